The van der Waals surface area contributed by atoms with Gasteiger partial charge in [0, 0.05) is 24.2 Å². The molecule has 2 heteroatoms. The zero-order chi connectivity index (χ0) is 18.2. The third kappa shape index (κ3) is 7.01. The molecule has 0 fully saturated rings. The minimum atomic E-state index is 0.558. The summed E-state index contributed by atoms with van der Waals surface area (Å²) in [6.45, 7) is 12.4. The van der Waals surface area contributed by atoms with Crippen molar-refractivity contribution in [3.63, 3.8) is 0 Å². The average Bonchev–Trinajstić information content (AvgIpc) is 2.67. The number of hydrogen-bond donors (Lipinski definition) is 0. The van der Waals surface area contributed by atoms with E-state index in [0.29, 0.717) is 6.61 Å². The molecule has 132 valence electrons. The Bertz CT molecular complexity index is 526. The Morgan fingerprint density at radius 2 is 1.83 bits per heavy atom. The van der Waals surface area contributed by atoms with Gasteiger partial charge in [-0.15, -0.1) is 0 Å². The number of ether oxygens (including phenoxy) is 1. The molecule has 0 saturated carbocycles. The van der Waals surface area contributed by atoms with E-state index in [-0.39, 0.29) is 0 Å². The van der Waals surface area contributed by atoms with E-state index in [1.54, 1.807) is 7.11 Å². The molecule has 0 radical (unpaired) electrons. The Morgan fingerprint density at radius 1 is 1.17 bits per heavy atom. The largest absolute Gasteiger partial charge is 0.378 e. The van der Waals surface area contributed by atoms with Crippen LogP contribution in [0.4, 0.5) is 5.69 Å². The van der Waals surface area contributed by atoms with Crippen LogP contribution in [0.5, 0.6) is 0 Å². The molecule has 1 aromatic rings. The van der Waals surface area contributed by atoms with Gasteiger partial charge in [0.1, 0.15) is 0 Å². The minimum Gasteiger partial charge on any atom is -0.378 e. The number of anilines is 1. The zero-order valence-electron chi connectivity index (χ0n) is 16.0. The van der Waals surface area contributed by atoms with Gasteiger partial charge in [0.2, 0.25) is 0 Å². The maximum atomic E-state index is 5.35. The molecule has 1 aromatic carbocycles. The third-order valence-corrected chi connectivity index (χ3v) is 3.18. The van der Waals surface area contributed by atoms with Gasteiger partial charge in [0.15, 0.2) is 0 Å². The minimum absolute atomic E-state index is 0.558. The summed E-state index contributed by atoms with van der Waals surface area (Å²) in [5, 5.41) is 0. The van der Waals surface area contributed by atoms with E-state index < -0.39 is 0 Å². The monoisotopic (exact) mass is 327 g/mol. The van der Waals surface area contributed by atoms with Crippen molar-refractivity contribution in [2.45, 2.75) is 40.5 Å². The molecule has 0 unspecified atom stereocenters. The number of nitrogens with zero attached hydrogens (tertiary/aromatic N) is 1. The summed E-state index contributed by atoms with van der Waals surface area (Å²) in [6, 6.07) is 10.4. The first kappa shape index (κ1) is 21.9. The summed E-state index contributed by atoms with van der Waals surface area (Å²) in [4.78, 5) is 2.26. The van der Waals surface area contributed by atoms with Crippen molar-refractivity contribution in [1.29, 1.82) is 0 Å². The maximum absolute atomic E-state index is 5.35. The van der Waals surface area contributed by atoms with Crippen LogP contribution < -0.4 is 4.90 Å². The van der Waals surface area contributed by atoms with E-state index in [0.717, 1.165) is 24.2 Å². The van der Waals surface area contributed by atoms with Crippen LogP contribution >= 0.6 is 0 Å². The summed E-state index contributed by atoms with van der Waals surface area (Å²) in [5.41, 5.74) is 3.53. The summed E-state index contributed by atoms with van der Waals surface area (Å²) in [5.74, 6) is 0. The van der Waals surface area contributed by atoms with E-state index in [4.69, 9.17) is 4.74 Å². The summed E-state index contributed by atoms with van der Waals surface area (Å²) in [6.07, 6.45) is 12.4. The van der Waals surface area contributed by atoms with E-state index in [9.17, 15) is 0 Å². The number of hydrogen-bond acceptors (Lipinski definition) is 2. The van der Waals surface area contributed by atoms with Gasteiger partial charge in [0.25, 0.3) is 0 Å². The molecule has 1 aliphatic rings. The summed E-state index contributed by atoms with van der Waals surface area (Å²) >= 11 is 0. The van der Waals surface area contributed by atoms with Crippen molar-refractivity contribution in [1.82, 2.24) is 0 Å². The molecule has 24 heavy (non-hydrogen) atoms. The first-order chi connectivity index (χ1) is 11.9. The Morgan fingerprint density at radius 3 is 2.33 bits per heavy atom. The Kier molecular flexibility index (Phi) is 13.3. The van der Waals surface area contributed by atoms with Gasteiger partial charge in [-0.25, -0.2) is 0 Å². The van der Waals surface area contributed by atoms with Crippen LogP contribution in [0.3, 0.4) is 0 Å². The van der Waals surface area contributed by atoms with E-state index in [1.165, 1.54) is 5.70 Å². The van der Waals surface area contributed by atoms with Gasteiger partial charge in [-0.05, 0) is 37.1 Å². The highest BCUT2D eigenvalue weighted by Gasteiger charge is 2.16. The molecular formula is C22H33NO. The molecule has 0 spiro atoms. The van der Waals surface area contributed by atoms with E-state index in [2.05, 4.69) is 54.0 Å². The molecule has 0 atom stereocenters. The highest BCUT2D eigenvalue weighted by atomic mass is 16.5. The van der Waals surface area contributed by atoms with Crippen LogP contribution in [0.25, 0.3) is 0 Å². The molecule has 0 amide bonds. The second-order valence-electron chi connectivity index (χ2n) is 4.62. The van der Waals surface area contributed by atoms with Crippen LogP contribution in [0.1, 0.15) is 40.5 Å². The summed E-state index contributed by atoms with van der Waals surface area (Å²) in [7, 11) is 1.72. The normalized spacial score (nSPS) is 12.9. The maximum Gasteiger partial charge on any atom is 0.0867 e. The molecule has 0 saturated heterocycles. The highest BCUT2D eigenvalue weighted by Crippen LogP contribution is 2.28. The highest BCUT2D eigenvalue weighted by molar-refractivity contribution is 5.59. The van der Waals surface area contributed by atoms with Crippen LogP contribution in [0.15, 0.2) is 78.7 Å². The molecule has 1 aliphatic carbocycles. The van der Waals surface area contributed by atoms with Crippen LogP contribution in [-0.4, -0.2) is 13.7 Å². The molecule has 0 bridgehead atoms. The fourth-order valence-corrected chi connectivity index (χ4v) is 2.34. The first-order valence-corrected chi connectivity index (χ1v) is 8.88. The quantitative estimate of drug-likeness (QED) is 0.553. The third-order valence-electron chi connectivity index (χ3n) is 3.18. The predicted molar refractivity (Wildman–Crippen MR) is 108 cm³/mol. The Hall–Kier alpha value is -2.06. The lowest BCUT2D eigenvalue weighted by atomic mass is 10.1. The fourth-order valence-electron chi connectivity index (χ4n) is 2.34. The van der Waals surface area contributed by atoms with Gasteiger partial charge >= 0.3 is 0 Å². The van der Waals surface area contributed by atoms with Crippen molar-refractivity contribution in [3.8, 4) is 0 Å². The number of para-hydroxylation sites is 1. The average molecular weight is 328 g/mol. The molecule has 0 aliphatic heterocycles. The topological polar surface area (TPSA) is 12.5 Å². The molecule has 0 heterocycles. The zero-order valence-corrected chi connectivity index (χ0v) is 16.0. The van der Waals surface area contributed by atoms with Crippen molar-refractivity contribution in [2.24, 2.45) is 0 Å². The molecule has 0 N–H and O–H groups in total. The lowest BCUT2D eigenvalue weighted by molar-refractivity contribution is 0.224. The van der Waals surface area contributed by atoms with Crippen molar-refractivity contribution >= 4 is 5.69 Å². The summed E-state index contributed by atoms with van der Waals surface area (Å²) < 4.78 is 5.35. The number of benzene rings is 1. The Balaban J connectivity index is 0.00000123. The van der Waals surface area contributed by atoms with Crippen LogP contribution in [-0.2, 0) is 4.74 Å². The van der Waals surface area contributed by atoms with Gasteiger partial charge in [-0.3, -0.25) is 0 Å². The SMILES string of the molecule is C=C/C=C(\COC)N(C1=CC=CCC1)c1ccccc1.CC.CC. The standard InChI is InChI=1S/C18H21NO.2C2H6/c1-3-10-18(15-20-2)19(16-11-6-4-7-12-16)17-13-8-5-9-14-17;2*1-2/h3-8,10-13H,1,9,14-15H2,2H3;2*1-2H3/b18-10+;;. The van der Waals surface area contributed by atoms with Gasteiger partial charge in [-0.1, -0.05) is 70.7 Å². The van der Waals surface area contributed by atoms with Crippen LogP contribution in [0, 0.1) is 0 Å². The molecule has 2 nitrogen and oxygen atoms in total. The van der Waals surface area contributed by atoms with Crippen molar-refractivity contribution in [3.05, 3.63) is 78.7 Å². The number of allylic oxidation sites excluding steroid dienone is 6. The molecule has 2 rings (SSSR count). The fraction of sp³-hybridized carbons (Fsp3) is 0.364. The second-order valence-corrected chi connectivity index (χ2v) is 4.62. The lowest BCUT2D eigenvalue weighted by Gasteiger charge is -2.30. The molecular weight excluding hydrogens is 294 g/mol. The lowest BCUT2D eigenvalue weighted by Crippen LogP contribution is -2.25. The first-order valence-electron chi connectivity index (χ1n) is 8.88. The van der Waals surface area contributed by atoms with Gasteiger partial charge in [0.05, 0.1) is 6.61 Å². The number of methoxy groups -OCH3 is 1. The smallest absolute Gasteiger partial charge is 0.0867 e. The van der Waals surface area contributed by atoms with Gasteiger partial charge in [-0.2, -0.15) is 0 Å². The van der Waals surface area contributed by atoms with E-state index >= 15 is 0 Å². The number of rotatable bonds is 6. The Labute approximate surface area is 148 Å². The molecule has 0 aromatic heterocycles. The van der Waals surface area contributed by atoms with Crippen molar-refractivity contribution < 1.29 is 4.74 Å². The van der Waals surface area contributed by atoms with Crippen LogP contribution in [0.2, 0.25) is 0 Å². The van der Waals surface area contributed by atoms with E-state index in [1.807, 2.05) is 45.9 Å². The van der Waals surface area contributed by atoms with Crippen molar-refractivity contribution in [2.75, 3.05) is 18.6 Å². The van der Waals surface area contributed by atoms with Gasteiger partial charge < -0.3 is 9.64 Å². The predicted octanol–water partition coefficient (Wildman–Crippen LogP) is 6.50. The second kappa shape index (κ2) is 14.5.